The van der Waals surface area contributed by atoms with E-state index in [9.17, 15) is 19.4 Å². The van der Waals surface area contributed by atoms with Crippen LogP contribution in [-0.4, -0.2) is 67.4 Å². The molecule has 34 heavy (non-hydrogen) atoms. The Hall–Kier alpha value is -4.02. The molecule has 0 aromatic rings. The van der Waals surface area contributed by atoms with E-state index in [0.717, 1.165) is 0 Å². The maximum atomic E-state index is 11.6. The van der Waals surface area contributed by atoms with Gasteiger partial charge in [0.1, 0.15) is 12.7 Å². The van der Waals surface area contributed by atoms with E-state index in [0.29, 0.717) is 6.54 Å². The molecule has 0 aliphatic heterocycles. The molecule has 8 nitrogen and oxygen atoms in total. The molecule has 0 heterocycles. The van der Waals surface area contributed by atoms with E-state index < -0.39 is 33.1 Å². The molecule has 172 valence electrons. The Morgan fingerprint density at radius 2 is 1.29 bits per heavy atom. The van der Waals surface area contributed by atoms with Crippen LogP contribution in [0.1, 0.15) is 6.92 Å². The highest BCUT2D eigenvalue weighted by Crippen LogP contribution is 2.42. The fourth-order valence-electron chi connectivity index (χ4n) is 1.33. The number of carbonyl (C=O) groups is 1. The quantitative estimate of drug-likeness (QED) is 0.201. The highest BCUT2D eigenvalue weighted by atomic mass is 31.2. The van der Waals surface area contributed by atoms with Gasteiger partial charge >= 0.3 is 13.8 Å². The standard InChI is InChI=1S/C25H20NO7P/c1-4-5-6-7-8-9-10-11-12-13-14-15-16-17-18-19-25(28)31-22-24(27)23-33-34(29,30)32-21-20-26(2)3/h24,27H,20-23H2,1-3H3,(H,29,30). The lowest BCUT2D eigenvalue weighted by atomic mass is 10.4. The lowest BCUT2D eigenvalue weighted by Crippen LogP contribution is -2.23. The minimum absolute atomic E-state index is 0.0331. The van der Waals surface area contributed by atoms with Gasteiger partial charge in [-0.3, -0.25) is 9.05 Å². The van der Waals surface area contributed by atoms with Gasteiger partial charge in [-0.25, -0.2) is 9.36 Å². The van der Waals surface area contributed by atoms with Crippen molar-refractivity contribution in [1.29, 1.82) is 0 Å². The van der Waals surface area contributed by atoms with Crippen LogP contribution >= 0.6 is 7.82 Å². The Bertz CT molecular complexity index is 1260. The van der Waals surface area contributed by atoms with Gasteiger partial charge < -0.3 is 19.6 Å². The smallest absolute Gasteiger partial charge is 0.453 e. The summed E-state index contributed by atoms with van der Waals surface area (Å²) in [7, 11) is -0.785. The maximum Gasteiger partial charge on any atom is 0.472 e. The number of hydrogen-bond donors (Lipinski definition) is 2. The molecule has 2 unspecified atom stereocenters. The monoisotopic (exact) mass is 477 g/mol. The fraction of sp³-hybridized carbons (Fsp3) is 0.320. The molecule has 0 aromatic carbocycles. The Balaban J connectivity index is 4.31. The fourth-order valence-corrected chi connectivity index (χ4v) is 2.08. The van der Waals surface area contributed by atoms with E-state index in [1.807, 2.05) is 0 Å². The molecular formula is C25H20NO7P. The summed E-state index contributed by atoms with van der Waals surface area (Å²) in [4.78, 5) is 22.6. The average Bonchev–Trinajstić information content (AvgIpc) is 2.78. The van der Waals surface area contributed by atoms with E-state index in [1.165, 1.54) is 0 Å². The number of rotatable bonds is 9. The largest absolute Gasteiger partial charge is 0.472 e. The van der Waals surface area contributed by atoms with Gasteiger partial charge in [-0.2, -0.15) is 0 Å². The third kappa shape index (κ3) is 21.2. The van der Waals surface area contributed by atoms with Gasteiger partial charge in [-0.15, -0.1) is 0 Å². The lowest BCUT2D eigenvalue weighted by molar-refractivity contribution is -0.140. The number of esters is 1. The van der Waals surface area contributed by atoms with Crippen LogP contribution < -0.4 is 0 Å². The third-order valence-electron chi connectivity index (χ3n) is 2.73. The molecule has 2 atom stereocenters. The van der Waals surface area contributed by atoms with Crippen molar-refractivity contribution >= 4 is 13.8 Å². The van der Waals surface area contributed by atoms with E-state index >= 15 is 0 Å². The Morgan fingerprint density at radius 1 is 0.824 bits per heavy atom. The number of aliphatic hydroxyl groups excluding tert-OH is 1. The minimum atomic E-state index is -4.31. The van der Waals surface area contributed by atoms with Crippen molar-refractivity contribution in [2.75, 3.05) is 40.5 Å². The summed E-state index contributed by atoms with van der Waals surface area (Å²) in [5.41, 5.74) is 0. The number of phosphoric ester groups is 1. The molecular weight excluding hydrogens is 457 g/mol. The summed E-state index contributed by atoms with van der Waals surface area (Å²) in [6.07, 6.45) is -1.35. The molecule has 0 aromatic heterocycles. The van der Waals surface area contributed by atoms with E-state index in [-0.39, 0.29) is 6.61 Å². The molecule has 2 N–H and O–H groups in total. The SMILES string of the molecule is CC#CC#CC#CC#CC#CC#CC#CC#CC(=O)OCC(O)COP(=O)(O)OCCN(C)C. The number of likely N-dealkylation sites (N-methyl/N-ethyl adjacent to an activating group) is 1. The van der Waals surface area contributed by atoms with E-state index in [1.54, 1.807) is 25.9 Å². The Labute approximate surface area is 200 Å². The zero-order chi connectivity index (χ0) is 25.5. The predicted molar refractivity (Wildman–Crippen MR) is 125 cm³/mol. The van der Waals surface area contributed by atoms with Crippen molar-refractivity contribution in [3.63, 3.8) is 0 Å². The van der Waals surface area contributed by atoms with Crippen LogP contribution in [0.3, 0.4) is 0 Å². The van der Waals surface area contributed by atoms with Gasteiger partial charge in [0.05, 0.1) is 13.2 Å². The summed E-state index contributed by atoms with van der Waals surface area (Å²) in [5.74, 6) is 37.6. The first-order valence-corrected chi connectivity index (χ1v) is 10.8. The van der Waals surface area contributed by atoms with Crippen molar-refractivity contribution in [2.45, 2.75) is 13.0 Å². The summed E-state index contributed by atoms with van der Waals surface area (Å²) < 4.78 is 25.6. The summed E-state index contributed by atoms with van der Waals surface area (Å²) in [6, 6.07) is 0. The molecule has 0 amide bonds. The molecule has 0 aliphatic rings. The predicted octanol–water partition coefficient (Wildman–Crippen LogP) is -0.367. The molecule has 0 saturated heterocycles. The zero-order valence-corrected chi connectivity index (χ0v) is 19.6. The first kappa shape index (κ1) is 30.0. The van der Waals surface area contributed by atoms with Crippen LogP contribution in [0.25, 0.3) is 0 Å². The van der Waals surface area contributed by atoms with Crippen LogP contribution in [0.2, 0.25) is 0 Å². The van der Waals surface area contributed by atoms with Crippen molar-refractivity contribution in [3.8, 4) is 94.7 Å². The zero-order valence-electron chi connectivity index (χ0n) is 18.7. The molecule has 0 spiro atoms. The normalized spacial score (nSPS) is 10.5. The van der Waals surface area contributed by atoms with Gasteiger partial charge in [0.2, 0.25) is 0 Å². The van der Waals surface area contributed by atoms with E-state index in [4.69, 9.17) is 4.52 Å². The second kappa shape index (κ2) is 19.6. The van der Waals surface area contributed by atoms with E-state index in [2.05, 4.69) is 104 Å². The number of aliphatic hydroxyl groups is 1. The van der Waals surface area contributed by atoms with Crippen molar-refractivity contribution in [3.05, 3.63) is 0 Å². The topological polar surface area (TPSA) is 106 Å². The van der Waals surface area contributed by atoms with Crippen molar-refractivity contribution in [2.24, 2.45) is 0 Å². The molecule has 0 saturated carbocycles. The molecule has 0 fully saturated rings. The second-order valence-electron chi connectivity index (χ2n) is 5.78. The van der Waals surface area contributed by atoms with Crippen LogP contribution in [-0.2, 0) is 23.1 Å². The van der Waals surface area contributed by atoms with Crippen molar-refractivity contribution < 1.29 is 33.1 Å². The van der Waals surface area contributed by atoms with Crippen LogP contribution in [0.5, 0.6) is 0 Å². The molecule has 0 bridgehead atoms. The average molecular weight is 477 g/mol. The van der Waals surface area contributed by atoms with Crippen LogP contribution in [0, 0.1) is 94.7 Å². The van der Waals surface area contributed by atoms with Crippen molar-refractivity contribution in [1.82, 2.24) is 4.90 Å². The van der Waals surface area contributed by atoms with Gasteiger partial charge in [-0.1, -0.05) is 5.92 Å². The first-order valence-electron chi connectivity index (χ1n) is 9.31. The Kier molecular flexibility index (Phi) is 17.3. The van der Waals surface area contributed by atoms with Gasteiger partial charge in [0, 0.05) is 12.5 Å². The minimum Gasteiger partial charge on any atom is -0.453 e. The summed E-state index contributed by atoms with van der Waals surface area (Å²) in [5, 5.41) is 9.65. The number of nitrogens with zero attached hydrogens (tertiary/aromatic N) is 1. The molecule has 9 heteroatoms. The number of phosphoric acid groups is 1. The molecule has 0 rings (SSSR count). The Morgan fingerprint density at radius 3 is 1.76 bits per heavy atom. The van der Waals surface area contributed by atoms with Gasteiger partial charge in [0.15, 0.2) is 0 Å². The second-order valence-corrected chi connectivity index (χ2v) is 7.23. The summed E-state index contributed by atoms with van der Waals surface area (Å²) >= 11 is 0. The highest BCUT2D eigenvalue weighted by molar-refractivity contribution is 7.47. The number of hydrogen-bond acceptors (Lipinski definition) is 7. The van der Waals surface area contributed by atoms with Gasteiger partial charge in [0.25, 0.3) is 0 Å². The third-order valence-corrected chi connectivity index (χ3v) is 3.72. The van der Waals surface area contributed by atoms with Crippen LogP contribution in [0.15, 0.2) is 0 Å². The summed E-state index contributed by atoms with van der Waals surface area (Å²) in [6.45, 7) is 0.965. The lowest BCUT2D eigenvalue weighted by Gasteiger charge is -2.16. The molecule has 0 aliphatic carbocycles. The number of ether oxygens (including phenoxy) is 1. The highest BCUT2D eigenvalue weighted by Gasteiger charge is 2.23. The maximum absolute atomic E-state index is 11.6. The van der Waals surface area contributed by atoms with Gasteiger partial charge in [-0.05, 0) is 104 Å². The first-order chi connectivity index (χ1) is 16.3. The van der Waals surface area contributed by atoms with Crippen LogP contribution in [0.4, 0.5) is 0 Å². The molecule has 0 radical (unpaired) electrons. The number of carbonyl (C=O) groups excluding carboxylic acids is 1.